The predicted octanol–water partition coefficient (Wildman–Crippen LogP) is 12.7. The number of pyridine rings is 2. The maximum Gasteiger partial charge on any atom is 0.138 e. The van der Waals surface area contributed by atoms with Crippen molar-refractivity contribution in [2.45, 2.75) is 60.8 Å². The Hall–Kier alpha value is -4.41. The number of fused-ring (bicyclic) bond motifs is 5. The summed E-state index contributed by atoms with van der Waals surface area (Å²) in [4.78, 5) is 10.6. The number of rotatable bonds is 3. The molecule has 5 heteroatoms. The first-order valence-electron chi connectivity index (χ1n) is 16.7. The third-order valence-corrected chi connectivity index (χ3v) is 10.1. The van der Waals surface area contributed by atoms with Gasteiger partial charge in [0.05, 0.1) is 10.3 Å². The van der Waals surface area contributed by atoms with Crippen LogP contribution in [0.4, 0.5) is 0 Å². The van der Waals surface area contributed by atoms with Crippen LogP contribution in [-0.4, -0.2) is 9.97 Å². The molecule has 0 aliphatic heterocycles. The fraction of sp³-hybridized carbons (Fsp3) is 0.200. The van der Waals surface area contributed by atoms with Crippen molar-refractivity contribution < 1.29 is 24.5 Å². The minimum atomic E-state index is -0.0344. The Bertz CT molecular complexity index is 2400. The van der Waals surface area contributed by atoms with Crippen LogP contribution in [0.1, 0.15) is 53.5 Å². The predicted molar refractivity (Wildman–Crippen MR) is 207 cm³/mol. The fourth-order valence-corrected chi connectivity index (χ4v) is 7.54. The molecule has 3 nitrogen and oxygen atoms in total. The van der Waals surface area contributed by atoms with E-state index in [0.29, 0.717) is 0 Å². The molecule has 0 aliphatic rings. The second-order valence-electron chi connectivity index (χ2n) is 14.0. The minimum Gasteiger partial charge on any atom is -0.499 e. The molecule has 0 atom stereocenters. The van der Waals surface area contributed by atoms with Gasteiger partial charge in [0.1, 0.15) is 5.58 Å². The molecule has 4 aromatic heterocycles. The summed E-state index contributed by atoms with van der Waals surface area (Å²) >= 11 is 1.79. The van der Waals surface area contributed by atoms with E-state index in [4.69, 9.17) is 9.40 Å². The van der Waals surface area contributed by atoms with Crippen LogP contribution in [0.3, 0.4) is 0 Å². The first kappa shape index (κ1) is 35.4. The van der Waals surface area contributed by atoms with Crippen molar-refractivity contribution in [1.29, 1.82) is 0 Å². The number of furan rings is 1. The molecule has 8 aromatic rings. The molecular formula is C45H40IrN2OS-2. The second kappa shape index (κ2) is 14.1. The Kier molecular flexibility index (Phi) is 9.97. The van der Waals surface area contributed by atoms with Gasteiger partial charge in [-0.05, 0) is 89.3 Å². The van der Waals surface area contributed by atoms with E-state index in [9.17, 15) is 0 Å². The Morgan fingerprint density at radius 1 is 0.700 bits per heavy atom. The molecule has 1 radical (unpaired) electrons. The zero-order chi connectivity index (χ0) is 34.4. The number of aromatic nitrogens is 2. The van der Waals surface area contributed by atoms with E-state index in [0.717, 1.165) is 44.5 Å². The van der Waals surface area contributed by atoms with E-state index >= 15 is 0 Å². The van der Waals surface area contributed by atoms with E-state index < -0.39 is 0 Å². The van der Waals surface area contributed by atoms with Crippen molar-refractivity contribution in [1.82, 2.24) is 9.97 Å². The Balaban J connectivity index is 0.000000242. The van der Waals surface area contributed by atoms with Crippen molar-refractivity contribution >= 4 is 43.4 Å². The summed E-state index contributed by atoms with van der Waals surface area (Å²) in [6, 6.07) is 36.3. The standard InChI is InChI=1S/C32H28NOS.C13H12N.Ir/c1-18-9-7-10-19(2)28(18)25-16-27(33-17-26(25)32(4,5)6)24-12-8-11-22-23-14-13-21-15-20(3)35-31(21)30(23)34-29(22)24;1-10-3-6-12(7-4-10)13-8-5-11(2)9-14-13;/h7-11,13-17H,1-6H3;3-6,8-9H,1-2H3;/q2*-1;. The molecule has 0 spiro atoms. The van der Waals surface area contributed by atoms with Gasteiger partial charge in [-0.15, -0.1) is 64.9 Å². The largest absolute Gasteiger partial charge is 0.499 e. The van der Waals surface area contributed by atoms with Gasteiger partial charge in [0, 0.05) is 42.8 Å². The summed E-state index contributed by atoms with van der Waals surface area (Å²) in [5, 5.41) is 3.48. The van der Waals surface area contributed by atoms with Crippen LogP contribution in [0, 0.1) is 46.8 Å². The normalized spacial score (nSPS) is 11.4. The maximum atomic E-state index is 6.59. The number of hydrogen-bond donors (Lipinski definition) is 0. The molecule has 8 rings (SSSR count). The molecule has 0 amide bonds. The van der Waals surface area contributed by atoms with E-state index in [1.807, 2.05) is 43.6 Å². The Morgan fingerprint density at radius 2 is 1.42 bits per heavy atom. The molecule has 0 saturated carbocycles. The first-order valence-corrected chi connectivity index (χ1v) is 17.5. The van der Waals surface area contributed by atoms with Crippen LogP contribution in [-0.2, 0) is 25.5 Å². The summed E-state index contributed by atoms with van der Waals surface area (Å²) < 4.78 is 7.80. The van der Waals surface area contributed by atoms with Crippen LogP contribution in [0.2, 0.25) is 0 Å². The summed E-state index contributed by atoms with van der Waals surface area (Å²) in [5.41, 5.74) is 14.3. The van der Waals surface area contributed by atoms with Crippen LogP contribution in [0.5, 0.6) is 0 Å². The van der Waals surface area contributed by atoms with E-state index in [-0.39, 0.29) is 25.5 Å². The second-order valence-corrected chi connectivity index (χ2v) is 15.3. The zero-order valence-electron chi connectivity index (χ0n) is 29.8. The van der Waals surface area contributed by atoms with Crippen molar-refractivity contribution in [3.05, 3.63) is 142 Å². The van der Waals surface area contributed by atoms with Gasteiger partial charge in [-0.1, -0.05) is 87.2 Å². The number of nitrogens with zero attached hydrogens (tertiary/aromatic N) is 2. The van der Waals surface area contributed by atoms with Gasteiger partial charge in [0.2, 0.25) is 0 Å². The Morgan fingerprint density at radius 3 is 2.10 bits per heavy atom. The summed E-state index contributed by atoms with van der Waals surface area (Å²) in [6.07, 6.45) is 3.93. The fourth-order valence-electron chi connectivity index (χ4n) is 6.54. The third kappa shape index (κ3) is 6.83. The minimum absolute atomic E-state index is 0. The molecule has 50 heavy (non-hydrogen) atoms. The monoisotopic (exact) mass is 849 g/mol. The van der Waals surface area contributed by atoms with Crippen molar-refractivity contribution in [2.24, 2.45) is 0 Å². The number of thiophene rings is 1. The molecule has 0 fully saturated rings. The van der Waals surface area contributed by atoms with Crippen molar-refractivity contribution in [3.8, 4) is 33.6 Å². The molecular weight excluding hydrogens is 809 g/mol. The average molecular weight is 849 g/mol. The molecule has 0 bridgehead atoms. The van der Waals surface area contributed by atoms with Gasteiger partial charge in [-0.25, -0.2) is 0 Å². The van der Waals surface area contributed by atoms with Crippen molar-refractivity contribution in [2.75, 3.05) is 0 Å². The van der Waals surface area contributed by atoms with Gasteiger partial charge in [0.15, 0.2) is 0 Å². The van der Waals surface area contributed by atoms with Gasteiger partial charge in [-0.2, -0.15) is 0 Å². The van der Waals surface area contributed by atoms with E-state index in [1.54, 1.807) is 11.3 Å². The van der Waals surface area contributed by atoms with Crippen LogP contribution in [0.15, 0.2) is 102 Å². The SMILES string of the molecule is Cc1c[c-]c(-c2ccc(C)cn2)cc1.Cc1cc2ccc3c4cc[c-]c(-c5cc(-c6c(C)cccc6C)c(C(C)(C)C)cn5)c4oc3c2s1.[Ir]. The van der Waals surface area contributed by atoms with E-state index in [2.05, 4.69) is 126 Å². The van der Waals surface area contributed by atoms with Gasteiger partial charge in [-0.3, -0.25) is 0 Å². The Labute approximate surface area is 312 Å². The van der Waals surface area contributed by atoms with Gasteiger partial charge >= 0.3 is 0 Å². The average Bonchev–Trinajstić information content (AvgIpc) is 3.65. The van der Waals surface area contributed by atoms with Gasteiger partial charge < -0.3 is 14.4 Å². The van der Waals surface area contributed by atoms with Crippen LogP contribution < -0.4 is 0 Å². The van der Waals surface area contributed by atoms with Crippen LogP contribution >= 0.6 is 11.3 Å². The molecule has 0 aliphatic carbocycles. The smallest absolute Gasteiger partial charge is 0.138 e. The maximum absolute atomic E-state index is 6.59. The summed E-state index contributed by atoms with van der Waals surface area (Å²) in [5.74, 6) is 0. The molecule has 0 saturated heterocycles. The summed E-state index contributed by atoms with van der Waals surface area (Å²) in [7, 11) is 0. The number of benzene rings is 4. The van der Waals surface area contributed by atoms with E-state index in [1.165, 1.54) is 53.9 Å². The topological polar surface area (TPSA) is 38.9 Å². The third-order valence-electron chi connectivity index (χ3n) is 9.08. The van der Waals surface area contributed by atoms with Crippen LogP contribution in [0.25, 0.3) is 65.7 Å². The number of aryl methyl sites for hydroxylation is 5. The van der Waals surface area contributed by atoms with Gasteiger partial charge in [0.25, 0.3) is 0 Å². The molecule has 253 valence electrons. The molecule has 0 N–H and O–H groups in total. The number of hydrogen-bond acceptors (Lipinski definition) is 4. The molecule has 4 aromatic carbocycles. The first-order chi connectivity index (χ1) is 23.5. The summed E-state index contributed by atoms with van der Waals surface area (Å²) in [6.45, 7) is 17.4. The molecule has 0 unspecified atom stereocenters. The quantitative estimate of drug-likeness (QED) is 0.166. The molecule has 4 heterocycles. The zero-order valence-corrected chi connectivity index (χ0v) is 33.0. The van der Waals surface area contributed by atoms with Crippen molar-refractivity contribution in [3.63, 3.8) is 0 Å².